The molecule has 1 rings (SSSR count). The highest BCUT2D eigenvalue weighted by atomic mass is 32.2. The summed E-state index contributed by atoms with van der Waals surface area (Å²) in [5.74, 6) is -0.481. The lowest BCUT2D eigenvalue weighted by Crippen LogP contribution is -2.18. The van der Waals surface area contributed by atoms with Crippen LogP contribution in [-0.4, -0.2) is 12.2 Å². The molecule has 0 aliphatic heterocycles. The molecule has 0 aliphatic carbocycles. The molecule has 0 fully saturated rings. The Bertz CT molecular complexity index is 349. The molecule has 0 aliphatic rings. The smallest absolute Gasteiger partial charge is 0.224 e. The summed E-state index contributed by atoms with van der Waals surface area (Å²) in [4.78, 5) is 12.2. The number of aryl methyl sites for hydroxylation is 1. The molecule has 0 saturated carbocycles. The minimum Gasteiger partial charge on any atom is -0.369 e. The van der Waals surface area contributed by atoms with E-state index in [2.05, 4.69) is 0 Å². The number of benzene rings is 1. The van der Waals surface area contributed by atoms with Gasteiger partial charge in [0.1, 0.15) is 0 Å². The SMILES string of the molecule is CSc1ccc([C@@H](C)C(N)=O)cc1C. The number of primary amides is 1. The predicted molar refractivity (Wildman–Crippen MR) is 60.6 cm³/mol. The third kappa shape index (κ3) is 2.29. The van der Waals surface area contributed by atoms with E-state index in [4.69, 9.17) is 5.73 Å². The van der Waals surface area contributed by atoms with Gasteiger partial charge in [0.05, 0.1) is 5.92 Å². The summed E-state index contributed by atoms with van der Waals surface area (Å²) >= 11 is 1.71. The molecule has 0 heterocycles. The number of rotatable bonds is 3. The molecule has 76 valence electrons. The first-order valence-electron chi connectivity index (χ1n) is 4.50. The monoisotopic (exact) mass is 209 g/mol. The Morgan fingerprint density at radius 1 is 1.50 bits per heavy atom. The fraction of sp³-hybridized carbons (Fsp3) is 0.364. The number of carbonyl (C=O) groups excluding carboxylic acids is 1. The maximum atomic E-state index is 11.0. The molecule has 0 aromatic heterocycles. The van der Waals surface area contributed by atoms with Crippen molar-refractivity contribution in [3.8, 4) is 0 Å². The maximum Gasteiger partial charge on any atom is 0.224 e. The zero-order chi connectivity index (χ0) is 10.7. The summed E-state index contributed by atoms with van der Waals surface area (Å²) in [5.41, 5.74) is 7.44. The molecule has 1 aromatic carbocycles. The molecule has 1 atom stereocenters. The fourth-order valence-corrected chi connectivity index (χ4v) is 1.92. The first kappa shape index (κ1) is 11.1. The number of nitrogens with two attached hydrogens (primary N) is 1. The van der Waals surface area contributed by atoms with Gasteiger partial charge in [0, 0.05) is 4.90 Å². The van der Waals surface area contributed by atoms with Crippen LogP contribution in [0.25, 0.3) is 0 Å². The van der Waals surface area contributed by atoms with Crippen molar-refractivity contribution in [2.75, 3.05) is 6.26 Å². The summed E-state index contributed by atoms with van der Waals surface area (Å²) in [6.45, 7) is 3.87. The Morgan fingerprint density at radius 2 is 2.14 bits per heavy atom. The highest BCUT2D eigenvalue weighted by molar-refractivity contribution is 7.98. The van der Waals surface area contributed by atoms with Gasteiger partial charge in [0.15, 0.2) is 0 Å². The van der Waals surface area contributed by atoms with Crippen LogP contribution in [0.3, 0.4) is 0 Å². The van der Waals surface area contributed by atoms with Crippen molar-refractivity contribution in [2.45, 2.75) is 24.7 Å². The fourth-order valence-electron chi connectivity index (χ4n) is 1.34. The number of hydrogen-bond donors (Lipinski definition) is 1. The highest BCUT2D eigenvalue weighted by Crippen LogP contribution is 2.24. The van der Waals surface area contributed by atoms with Crippen molar-refractivity contribution in [2.24, 2.45) is 5.73 Å². The minimum absolute atomic E-state index is 0.204. The number of carbonyl (C=O) groups is 1. The Kier molecular flexibility index (Phi) is 3.58. The standard InChI is InChI=1S/C11H15NOS/c1-7-6-9(8(2)11(12)13)4-5-10(7)14-3/h4-6,8H,1-3H3,(H2,12,13)/t8-/m1/s1. The topological polar surface area (TPSA) is 43.1 Å². The first-order chi connectivity index (χ1) is 6.56. The number of amides is 1. The van der Waals surface area contributed by atoms with Gasteiger partial charge in [0.2, 0.25) is 5.91 Å². The lowest BCUT2D eigenvalue weighted by molar-refractivity contribution is -0.119. The quantitative estimate of drug-likeness (QED) is 0.776. The second-order valence-corrected chi connectivity index (χ2v) is 4.20. The maximum absolute atomic E-state index is 11.0. The van der Waals surface area contributed by atoms with Gasteiger partial charge in [0.25, 0.3) is 0 Å². The molecule has 0 unspecified atom stereocenters. The van der Waals surface area contributed by atoms with E-state index < -0.39 is 0 Å². The molecular formula is C11H15NOS. The van der Waals surface area contributed by atoms with Gasteiger partial charge in [-0.2, -0.15) is 0 Å². The summed E-state index contributed by atoms with van der Waals surface area (Å²) in [7, 11) is 0. The van der Waals surface area contributed by atoms with Crippen molar-refractivity contribution in [1.82, 2.24) is 0 Å². The summed E-state index contributed by atoms with van der Waals surface area (Å²) in [6, 6.07) is 6.03. The van der Waals surface area contributed by atoms with Gasteiger partial charge >= 0.3 is 0 Å². The second-order valence-electron chi connectivity index (χ2n) is 3.35. The molecule has 0 spiro atoms. The van der Waals surface area contributed by atoms with Crippen LogP contribution in [0.5, 0.6) is 0 Å². The Balaban J connectivity index is 3.02. The zero-order valence-corrected chi connectivity index (χ0v) is 9.52. The van der Waals surface area contributed by atoms with Gasteiger partial charge in [-0.25, -0.2) is 0 Å². The number of thioether (sulfide) groups is 1. The van der Waals surface area contributed by atoms with Crippen LogP contribution in [0.15, 0.2) is 23.1 Å². The van der Waals surface area contributed by atoms with Crippen molar-refractivity contribution < 1.29 is 4.79 Å². The van der Waals surface area contributed by atoms with Crippen LogP contribution >= 0.6 is 11.8 Å². The highest BCUT2D eigenvalue weighted by Gasteiger charge is 2.11. The van der Waals surface area contributed by atoms with E-state index in [1.54, 1.807) is 11.8 Å². The molecule has 2 N–H and O–H groups in total. The van der Waals surface area contributed by atoms with E-state index in [0.717, 1.165) is 5.56 Å². The van der Waals surface area contributed by atoms with E-state index in [1.807, 2.05) is 38.3 Å². The summed E-state index contributed by atoms with van der Waals surface area (Å²) in [5, 5.41) is 0. The van der Waals surface area contributed by atoms with Crippen molar-refractivity contribution >= 4 is 17.7 Å². The summed E-state index contributed by atoms with van der Waals surface area (Å²) < 4.78 is 0. The Hall–Kier alpha value is -0.960. The molecular weight excluding hydrogens is 194 g/mol. The van der Waals surface area contributed by atoms with Gasteiger partial charge in [-0.3, -0.25) is 4.79 Å². The lowest BCUT2D eigenvalue weighted by atomic mass is 9.99. The molecule has 0 bridgehead atoms. The van der Waals surface area contributed by atoms with E-state index in [9.17, 15) is 4.79 Å². The molecule has 0 saturated heterocycles. The van der Waals surface area contributed by atoms with E-state index >= 15 is 0 Å². The van der Waals surface area contributed by atoms with Gasteiger partial charge in [-0.1, -0.05) is 12.1 Å². The van der Waals surface area contributed by atoms with Gasteiger partial charge in [-0.05, 0) is 37.3 Å². The van der Waals surface area contributed by atoms with Gasteiger partial charge < -0.3 is 5.73 Å². The van der Waals surface area contributed by atoms with Crippen LogP contribution < -0.4 is 5.73 Å². The van der Waals surface area contributed by atoms with E-state index in [0.29, 0.717) is 0 Å². The molecule has 1 amide bonds. The largest absolute Gasteiger partial charge is 0.369 e. The molecule has 2 nitrogen and oxygen atoms in total. The lowest BCUT2D eigenvalue weighted by Gasteiger charge is -2.10. The third-order valence-corrected chi connectivity index (χ3v) is 3.24. The summed E-state index contributed by atoms with van der Waals surface area (Å²) in [6.07, 6.45) is 2.04. The van der Waals surface area contributed by atoms with Crippen LogP contribution in [0.4, 0.5) is 0 Å². The molecule has 0 radical (unpaired) electrons. The normalized spacial score (nSPS) is 12.5. The van der Waals surface area contributed by atoms with Crippen LogP contribution in [0.2, 0.25) is 0 Å². The Labute approximate surface area is 88.9 Å². The zero-order valence-electron chi connectivity index (χ0n) is 8.70. The average Bonchev–Trinajstić information content (AvgIpc) is 2.16. The molecule has 3 heteroatoms. The van der Waals surface area contributed by atoms with Gasteiger partial charge in [-0.15, -0.1) is 11.8 Å². The minimum atomic E-state index is -0.277. The molecule has 1 aromatic rings. The molecule has 14 heavy (non-hydrogen) atoms. The third-order valence-electron chi connectivity index (χ3n) is 2.35. The Morgan fingerprint density at radius 3 is 2.57 bits per heavy atom. The van der Waals surface area contributed by atoms with E-state index in [-0.39, 0.29) is 11.8 Å². The van der Waals surface area contributed by atoms with Crippen molar-refractivity contribution in [3.05, 3.63) is 29.3 Å². The first-order valence-corrected chi connectivity index (χ1v) is 5.72. The van der Waals surface area contributed by atoms with Crippen molar-refractivity contribution in [3.63, 3.8) is 0 Å². The van der Waals surface area contributed by atoms with E-state index in [1.165, 1.54) is 10.5 Å². The van der Waals surface area contributed by atoms with Crippen LogP contribution in [0, 0.1) is 6.92 Å². The number of hydrogen-bond acceptors (Lipinski definition) is 2. The van der Waals surface area contributed by atoms with Crippen molar-refractivity contribution in [1.29, 1.82) is 0 Å². The second kappa shape index (κ2) is 4.51. The predicted octanol–water partition coefficient (Wildman–Crippen LogP) is 2.31. The van der Waals surface area contributed by atoms with Crippen LogP contribution in [0.1, 0.15) is 24.0 Å². The average molecular weight is 209 g/mol. The van der Waals surface area contributed by atoms with Crippen LogP contribution in [-0.2, 0) is 4.79 Å².